The van der Waals surface area contributed by atoms with Gasteiger partial charge in [0.15, 0.2) is 0 Å². The molecule has 0 atom stereocenters. The van der Waals surface area contributed by atoms with Gasteiger partial charge in [0.1, 0.15) is 5.82 Å². The molecule has 2 heterocycles. The highest BCUT2D eigenvalue weighted by molar-refractivity contribution is 7.91. The number of benzene rings is 3. The quantitative estimate of drug-likeness (QED) is 0.377. The summed E-state index contributed by atoms with van der Waals surface area (Å²) in [6.45, 7) is 0.480. The molecule has 0 unspecified atom stereocenters. The summed E-state index contributed by atoms with van der Waals surface area (Å²) in [6.07, 6.45) is 5.38. The van der Waals surface area contributed by atoms with Crippen LogP contribution in [0.1, 0.15) is 23.5 Å². The lowest BCUT2D eigenvalue weighted by molar-refractivity contribution is 0.538. The van der Waals surface area contributed by atoms with Crippen molar-refractivity contribution in [3.8, 4) is 0 Å². The molecule has 0 fully saturated rings. The van der Waals surface area contributed by atoms with Gasteiger partial charge in [-0.25, -0.2) is 13.4 Å². The molecule has 8 heteroatoms. The number of hydrogen-bond acceptors (Lipinski definition) is 5. The third kappa shape index (κ3) is 4.29. The Morgan fingerprint density at radius 2 is 1.67 bits per heavy atom. The molecule has 166 valence electrons. The Hall–Kier alpha value is -3.78. The first kappa shape index (κ1) is 21.1. The maximum absolute atomic E-state index is 13.4. The summed E-state index contributed by atoms with van der Waals surface area (Å²) in [5, 5.41) is 10.7. The summed E-state index contributed by atoms with van der Waals surface area (Å²) in [6, 6.07) is 22.7. The second-order valence-electron chi connectivity index (χ2n) is 7.86. The molecule has 2 aromatic heterocycles. The van der Waals surface area contributed by atoms with E-state index in [4.69, 9.17) is 0 Å². The van der Waals surface area contributed by atoms with Crippen LogP contribution in [0.3, 0.4) is 0 Å². The molecule has 5 rings (SSSR count). The number of aromatic amines is 1. The number of nitrogens with zero attached hydrogens (tertiary/aromatic N) is 4. The number of sulfone groups is 1. The van der Waals surface area contributed by atoms with E-state index in [9.17, 15) is 8.42 Å². The van der Waals surface area contributed by atoms with Gasteiger partial charge in [-0.05, 0) is 41.3 Å². The maximum atomic E-state index is 13.4. The van der Waals surface area contributed by atoms with Crippen molar-refractivity contribution in [2.24, 2.45) is 0 Å². The van der Waals surface area contributed by atoms with Crippen LogP contribution in [-0.2, 0) is 29.2 Å². The Morgan fingerprint density at radius 3 is 2.48 bits per heavy atom. The van der Waals surface area contributed by atoms with E-state index >= 15 is 0 Å². The van der Waals surface area contributed by atoms with Crippen molar-refractivity contribution in [1.29, 1.82) is 0 Å². The van der Waals surface area contributed by atoms with E-state index in [-0.39, 0.29) is 10.1 Å². The number of nitrogens with one attached hydrogen (secondary N) is 1. The highest BCUT2D eigenvalue weighted by Gasteiger charge is 2.26. The predicted octanol–water partition coefficient (Wildman–Crippen LogP) is 4.21. The fourth-order valence-corrected chi connectivity index (χ4v) is 5.41. The van der Waals surface area contributed by atoms with E-state index in [1.165, 1.54) is 0 Å². The van der Waals surface area contributed by atoms with Crippen molar-refractivity contribution in [3.05, 3.63) is 102 Å². The molecule has 0 radical (unpaired) electrons. The lowest BCUT2D eigenvalue weighted by atomic mass is 10.0. The Kier molecular flexibility index (Phi) is 5.75. The molecule has 33 heavy (non-hydrogen) atoms. The molecule has 7 nitrogen and oxygen atoms in total. The van der Waals surface area contributed by atoms with Crippen LogP contribution < -0.4 is 0 Å². The van der Waals surface area contributed by atoms with Crippen molar-refractivity contribution in [2.75, 3.05) is 0 Å². The fourth-order valence-electron chi connectivity index (χ4n) is 4.04. The minimum Gasteiger partial charge on any atom is -0.348 e. The van der Waals surface area contributed by atoms with Crippen molar-refractivity contribution >= 4 is 20.6 Å². The van der Waals surface area contributed by atoms with Gasteiger partial charge in [0.25, 0.3) is 5.16 Å². The maximum Gasteiger partial charge on any atom is 0.254 e. The zero-order valence-electron chi connectivity index (χ0n) is 17.9. The Balaban J connectivity index is 1.53. The first-order chi connectivity index (χ1) is 16.1. The smallest absolute Gasteiger partial charge is 0.254 e. The van der Waals surface area contributed by atoms with E-state index < -0.39 is 9.84 Å². The molecule has 0 spiro atoms. The average Bonchev–Trinajstić information content (AvgIpc) is 3.51. The zero-order valence-corrected chi connectivity index (χ0v) is 18.7. The van der Waals surface area contributed by atoms with Gasteiger partial charge < -0.3 is 9.55 Å². The van der Waals surface area contributed by atoms with Crippen molar-refractivity contribution in [3.63, 3.8) is 0 Å². The molecule has 3 aromatic carbocycles. The number of aryl methyl sites for hydroxylation is 1. The van der Waals surface area contributed by atoms with Crippen molar-refractivity contribution < 1.29 is 8.42 Å². The summed E-state index contributed by atoms with van der Waals surface area (Å²) in [5.74, 6) is 0.630. The van der Waals surface area contributed by atoms with Crippen LogP contribution in [0.25, 0.3) is 10.8 Å². The first-order valence-electron chi connectivity index (χ1n) is 10.8. The first-order valence-corrected chi connectivity index (χ1v) is 12.3. The van der Waals surface area contributed by atoms with Gasteiger partial charge in [-0.15, -0.1) is 10.2 Å². The number of aromatic nitrogens is 5. The molecule has 5 aromatic rings. The number of H-pyrrole nitrogens is 1. The van der Waals surface area contributed by atoms with E-state index in [2.05, 4.69) is 44.4 Å². The van der Waals surface area contributed by atoms with Crippen molar-refractivity contribution in [2.45, 2.75) is 35.9 Å². The third-order valence-corrected chi connectivity index (χ3v) is 7.37. The highest BCUT2D eigenvalue weighted by Crippen LogP contribution is 2.24. The summed E-state index contributed by atoms with van der Waals surface area (Å²) < 4.78 is 28.5. The molecule has 0 aliphatic rings. The Morgan fingerprint density at radius 1 is 0.879 bits per heavy atom. The summed E-state index contributed by atoms with van der Waals surface area (Å²) >= 11 is 0. The van der Waals surface area contributed by atoms with Gasteiger partial charge >= 0.3 is 0 Å². The molecule has 0 saturated heterocycles. The standard InChI is InChI=1S/C25H23N5O2S/c31-33(32,22-12-2-1-3-13-22)25-29-28-24(30(25)15-7-11-21-17-26-18-27-21)16-20-10-6-9-19-8-4-5-14-23(19)20/h1-6,8-10,12-14,17-18H,7,11,15-16H2,(H,26,27). The SMILES string of the molecule is O=S(=O)(c1ccccc1)c1nnc(Cc2cccc3ccccc23)n1CCCc1cnc[nH]1. The van der Waals surface area contributed by atoms with Gasteiger partial charge in [-0.2, -0.15) is 0 Å². The highest BCUT2D eigenvalue weighted by atomic mass is 32.2. The van der Waals surface area contributed by atoms with Gasteiger partial charge in [0.05, 0.1) is 11.2 Å². The van der Waals surface area contributed by atoms with Gasteiger partial charge in [0, 0.05) is 24.9 Å². The van der Waals surface area contributed by atoms with Gasteiger partial charge in [-0.1, -0.05) is 60.7 Å². The van der Waals surface area contributed by atoms with Crippen LogP contribution in [0.2, 0.25) is 0 Å². The molecular formula is C25H23N5O2S. The summed E-state index contributed by atoms with van der Waals surface area (Å²) in [5.41, 5.74) is 2.09. The normalized spacial score (nSPS) is 11.8. The second kappa shape index (κ2) is 8.99. The third-order valence-electron chi connectivity index (χ3n) is 5.70. The average molecular weight is 458 g/mol. The molecular weight excluding hydrogens is 434 g/mol. The number of fused-ring (bicyclic) bond motifs is 1. The summed E-state index contributed by atoms with van der Waals surface area (Å²) in [4.78, 5) is 7.36. The second-order valence-corrected chi connectivity index (χ2v) is 9.71. The van der Waals surface area contributed by atoms with Crippen LogP contribution in [0, 0.1) is 0 Å². The van der Waals surface area contributed by atoms with Crippen LogP contribution >= 0.6 is 0 Å². The Labute approximate surface area is 192 Å². The van der Waals surface area contributed by atoms with E-state index in [0.717, 1.165) is 34.9 Å². The van der Waals surface area contributed by atoms with Crippen molar-refractivity contribution in [1.82, 2.24) is 24.7 Å². The topological polar surface area (TPSA) is 93.5 Å². The van der Waals surface area contributed by atoms with E-state index in [1.54, 1.807) is 47.4 Å². The molecule has 0 bridgehead atoms. The number of rotatable bonds is 8. The van der Waals surface area contributed by atoms with Crippen LogP contribution in [-0.4, -0.2) is 33.2 Å². The number of imidazole rings is 1. The van der Waals surface area contributed by atoms with Crippen LogP contribution in [0.4, 0.5) is 0 Å². The molecule has 0 aliphatic carbocycles. The lowest BCUT2D eigenvalue weighted by Gasteiger charge is -2.12. The lowest BCUT2D eigenvalue weighted by Crippen LogP contribution is -2.14. The molecule has 1 N–H and O–H groups in total. The van der Waals surface area contributed by atoms with Crippen LogP contribution in [0.15, 0.2) is 95.4 Å². The molecule has 0 amide bonds. The van der Waals surface area contributed by atoms with E-state index in [1.807, 2.05) is 18.2 Å². The zero-order chi connectivity index (χ0) is 22.7. The summed E-state index contributed by atoms with van der Waals surface area (Å²) in [7, 11) is -3.80. The molecule has 0 aliphatic heterocycles. The van der Waals surface area contributed by atoms with Gasteiger partial charge in [0.2, 0.25) is 9.84 Å². The minimum absolute atomic E-state index is 0.0199. The van der Waals surface area contributed by atoms with Gasteiger partial charge in [-0.3, -0.25) is 0 Å². The monoisotopic (exact) mass is 457 g/mol. The Bertz CT molecular complexity index is 1470. The molecule has 0 saturated carbocycles. The fraction of sp³-hybridized carbons (Fsp3) is 0.160. The number of hydrogen-bond donors (Lipinski definition) is 1. The minimum atomic E-state index is -3.80. The largest absolute Gasteiger partial charge is 0.348 e. The predicted molar refractivity (Wildman–Crippen MR) is 126 cm³/mol. The van der Waals surface area contributed by atoms with E-state index in [0.29, 0.717) is 18.8 Å². The van der Waals surface area contributed by atoms with Crippen LogP contribution in [0.5, 0.6) is 0 Å².